The number of benzene rings is 2. The molecule has 0 bridgehead atoms. The molecule has 1 heterocycles. The number of hydrogen-bond acceptors (Lipinski definition) is 4. The minimum Gasteiger partial charge on any atom is -0.496 e. The lowest BCUT2D eigenvalue weighted by molar-refractivity contribution is 0.405. The molecule has 108 valence electrons. The maximum atomic E-state index is 5.76. The van der Waals surface area contributed by atoms with Crippen LogP contribution in [0.5, 0.6) is 5.75 Å². The zero-order chi connectivity index (χ0) is 14.7. The van der Waals surface area contributed by atoms with Gasteiger partial charge in [0, 0.05) is 10.9 Å². The number of nitrogens with two attached hydrogens (primary N) is 1. The molecule has 0 aliphatic rings. The van der Waals surface area contributed by atoms with Crippen molar-refractivity contribution >= 4 is 11.0 Å². The third-order valence-electron chi connectivity index (χ3n) is 3.70. The van der Waals surface area contributed by atoms with Gasteiger partial charge < -0.3 is 9.15 Å². The predicted octanol–water partition coefficient (Wildman–Crippen LogP) is 3.19. The van der Waals surface area contributed by atoms with Gasteiger partial charge in [-0.2, -0.15) is 0 Å². The Kier molecular flexibility index (Phi) is 3.90. The van der Waals surface area contributed by atoms with Crippen molar-refractivity contribution in [2.24, 2.45) is 5.84 Å². The summed E-state index contributed by atoms with van der Waals surface area (Å²) in [6, 6.07) is 15.9. The van der Waals surface area contributed by atoms with Crippen molar-refractivity contribution < 1.29 is 9.15 Å². The summed E-state index contributed by atoms with van der Waals surface area (Å²) in [4.78, 5) is 0. The van der Waals surface area contributed by atoms with Gasteiger partial charge in [-0.15, -0.1) is 0 Å². The maximum Gasteiger partial charge on any atom is 0.134 e. The van der Waals surface area contributed by atoms with Crippen LogP contribution in [0.25, 0.3) is 11.0 Å². The number of rotatable bonds is 5. The van der Waals surface area contributed by atoms with Gasteiger partial charge in [-0.3, -0.25) is 11.3 Å². The van der Waals surface area contributed by atoms with Crippen LogP contribution < -0.4 is 16.0 Å². The molecule has 3 rings (SSSR count). The molecule has 1 aromatic heterocycles. The number of nitrogens with one attached hydrogen (secondary N) is 1. The summed E-state index contributed by atoms with van der Waals surface area (Å²) >= 11 is 0. The Labute approximate surface area is 123 Å². The van der Waals surface area contributed by atoms with E-state index in [1.807, 2.05) is 48.5 Å². The number of ether oxygens (including phenoxy) is 1. The fourth-order valence-corrected chi connectivity index (χ4v) is 2.62. The zero-order valence-corrected chi connectivity index (χ0v) is 11.9. The van der Waals surface area contributed by atoms with Gasteiger partial charge in [0.1, 0.15) is 11.3 Å². The first-order valence-corrected chi connectivity index (χ1v) is 6.87. The minimum atomic E-state index is -0.0371. The van der Waals surface area contributed by atoms with E-state index in [-0.39, 0.29) is 6.04 Å². The second kappa shape index (κ2) is 5.99. The summed E-state index contributed by atoms with van der Waals surface area (Å²) in [5.74, 6) is 6.63. The van der Waals surface area contributed by atoms with Crippen molar-refractivity contribution in [3.05, 3.63) is 65.9 Å². The number of methoxy groups -OCH3 is 1. The third-order valence-corrected chi connectivity index (χ3v) is 3.70. The molecular formula is C17H18N2O2. The second-order valence-electron chi connectivity index (χ2n) is 4.92. The molecule has 1 atom stereocenters. The van der Waals surface area contributed by atoms with Crippen LogP contribution in [-0.2, 0) is 6.42 Å². The first-order valence-electron chi connectivity index (χ1n) is 6.87. The molecule has 0 aliphatic carbocycles. The first-order chi connectivity index (χ1) is 10.3. The average molecular weight is 282 g/mol. The van der Waals surface area contributed by atoms with Gasteiger partial charge in [0.2, 0.25) is 0 Å². The molecule has 2 aromatic carbocycles. The molecule has 1 unspecified atom stereocenters. The molecule has 0 fully saturated rings. The lowest BCUT2D eigenvalue weighted by atomic mass is 9.98. The average Bonchev–Trinajstić information content (AvgIpc) is 2.97. The number of hydrogen-bond donors (Lipinski definition) is 2. The van der Waals surface area contributed by atoms with E-state index in [2.05, 4.69) is 5.43 Å². The fourth-order valence-electron chi connectivity index (χ4n) is 2.62. The molecule has 0 spiro atoms. The number of furan rings is 1. The lowest BCUT2D eigenvalue weighted by Crippen LogP contribution is -2.29. The van der Waals surface area contributed by atoms with E-state index in [4.69, 9.17) is 15.0 Å². The van der Waals surface area contributed by atoms with Gasteiger partial charge in [-0.25, -0.2) is 0 Å². The third kappa shape index (κ3) is 2.63. The molecule has 0 radical (unpaired) electrons. The van der Waals surface area contributed by atoms with Crippen LogP contribution in [-0.4, -0.2) is 7.11 Å². The van der Waals surface area contributed by atoms with E-state index < -0.39 is 0 Å². The van der Waals surface area contributed by atoms with Gasteiger partial charge in [0.25, 0.3) is 0 Å². The summed E-state index contributed by atoms with van der Waals surface area (Å²) in [5.41, 5.74) is 5.91. The van der Waals surface area contributed by atoms with E-state index in [0.717, 1.165) is 34.3 Å². The van der Waals surface area contributed by atoms with Crippen molar-refractivity contribution in [2.45, 2.75) is 12.5 Å². The van der Waals surface area contributed by atoms with Crippen molar-refractivity contribution in [3.8, 4) is 5.75 Å². The van der Waals surface area contributed by atoms with Gasteiger partial charge in [-0.1, -0.05) is 36.4 Å². The Bertz CT molecular complexity index is 736. The standard InChI is InChI=1S/C17H18N2O2/c1-20-16-8-4-2-6-12(16)10-15(19-18)14-11-21-17-9-5-3-7-13(14)17/h2-9,11,15,19H,10,18H2,1H3. The Balaban J connectivity index is 1.95. The van der Waals surface area contributed by atoms with Crippen LogP contribution >= 0.6 is 0 Å². The zero-order valence-electron chi connectivity index (χ0n) is 11.9. The molecule has 3 aromatic rings. The highest BCUT2D eigenvalue weighted by Crippen LogP contribution is 2.30. The predicted molar refractivity (Wildman–Crippen MR) is 83.0 cm³/mol. The Morgan fingerprint density at radius 3 is 2.71 bits per heavy atom. The smallest absolute Gasteiger partial charge is 0.134 e. The molecule has 4 nitrogen and oxygen atoms in total. The highest BCUT2D eigenvalue weighted by molar-refractivity contribution is 5.81. The molecule has 0 amide bonds. The number of para-hydroxylation sites is 2. The van der Waals surface area contributed by atoms with Gasteiger partial charge in [0.15, 0.2) is 0 Å². The maximum absolute atomic E-state index is 5.76. The molecular weight excluding hydrogens is 264 g/mol. The molecule has 0 saturated carbocycles. The first kappa shape index (κ1) is 13.7. The normalized spacial score (nSPS) is 12.5. The Hall–Kier alpha value is -2.30. The summed E-state index contributed by atoms with van der Waals surface area (Å²) in [6.07, 6.45) is 2.49. The topological polar surface area (TPSA) is 60.4 Å². The Morgan fingerprint density at radius 1 is 1.14 bits per heavy atom. The van der Waals surface area contributed by atoms with Crippen molar-refractivity contribution in [3.63, 3.8) is 0 Å². The van der Waals surface area contributed by atoms with E-state index >= 15 is 0 Å². The van der Waals surface area contributed by atoms with Crippen molar-refractivity contribution in [1.29, 1.82) is 0 Å². The molecule has 0 saturated heterocycles. The molecule has 0 aliphatic heterocycles. The van der Waals surface area contributed by atoms with Gasteiger partial charge in [0.05, 0.1) is 19.4 Å². The molecule has 21 heavy (non-hydrogen) atoms. The van der Waals surface area contributed by atoms with Crippen LogP contribution in [0.15, 0.2) is 59.2 Å². The number of fused-ring (bicyclic) bond motifs is 1. The van der Waals surface area contributed by atoms with Crippen LogP contribution in [0.3, 0.4) is 0 Å². The van der Waals surface area contributed by atoms with E-state index in [9.17, 15) is 0 Å². The quantitative estimate of drug-likeness (QED) is 0.557. The van der Waals surface area contributed by atoms with Gasteiger partial charge in [-0.05, 0) is 24.1 Å². The van der Waals surface area contributed by atoms with E-state index in [1.165, 1.54) is 0 Å². The molecule has 3 N–H and O–H groups in total. The minimum absolute atomic E-state index is 0.0371. The summed E-state index contributed by atoms with van der Waals surface area (Å²) in [6.45, 7) is 0. The van der Waals surface area contributed by atoms with Crippen LogP contribution in [0.1, 0.15) is 17.2 Å². The molecule has 4 heteroatoms. The monoisotopic (exact) mass is 282 g/mol. The van der Waals surface area contributed by atoms with Crippen LogP contribution in [0.4, 0.5) is 0 Å². The SMILES string of the molecule is COc1ccccc1CC(NN)c1coc2ccccc12. The summed E-state index contributed by atoms with van der Waals surface area (Å²) in [5, 5.41) is 1.08. The van der Waals surface area contributed by atoms with E-state index in [1.54, 1.807) is 13.4 Å². The number of hydrazine groups is 1. The summed E-state index contributed by atoms with van der Waals surface area (Å²) < 4.78 is 11.0. The summed E-state index contributed by atoms with van der Waals surface area (Å²) in [7, 11) is 1.68. The Morgan fingerprint density at radius 2 is 1.90 bits per heavy atom. The fraction of sp³-hybridized carbons (Fsp3) is 0.176. The van der Waals surface area contributed by atoms with Gasteiger partial charge >= 0.3 is 0 Å². The van der Waals surface area contributed by atoms with Crippen LogP contribution in [0, 0.1) is 0 Å². The largest absolute Gasteiger partial charge is 0.496 e. The highest BCUT2D eigenvalue weighted by atomic mass is 16.5. The lowest BCUT2D eigenvalue weighted by Gasteiger charge is -2.16. The van der Waals surface area contributed by atoms with Crippen LogP contribution in [0.2, 0.25) is 0 Å². The van der Waals surface area contributed by atoms with Crippen molar-refractivity contribution in [2.75, 3.05) is 7.11 Å². The van der Waals surface area contributed by atoms with Crippen molar-refractivity contribution in [1.82, 2.24) is 5.43 Å². The second-order valence-corrected chi connectivity index (χ2v) is 4.92. The van der Waals surface area contributed by atoms with E-state index in [0.29, 0.717) is 0 Å². The highest BCUT2D eigenvalue weighted by Gasteiger charge is 2.17.